The average Bonchev–Trinajstić information content (AvgIpc) is 2.24. The van der Waals surface area contributed by atoms with Gasteiger partial charge < -0.3 is 10.1 Å². The number of hydrogen-bond acceptors (Lipinski definition) is 2. The zero-order valence-corrected chi connectivity index (χ0v) is 10.8. The molecule has 0 aliphatic carbocycles. The maximum atomic E-state index is 5.78. The molecule has 1 unspecified atom stereocenters. The van der Waals surface area contributed by atoms with Crippen LogP contribution in [0.2, 0.25) is 0 Å². The number of hydrogen-bond donors (Lipinski definition) is 1. The Labute approximate surface area is 99.0 Å². The van der Waals surface area contributed by atoms with Crippen LogP contribution in [0.1, 0.15) is 27.7 Å². The molecule has 90 valence electrons. The van der Waals surface area contributed by atoms with E-state index in [-0.39, 0.29) is 5.41 Å². The lowest BCUT2D eigenvalue weighted by Crippen LogP contribution is -2.44. The topological polar surface area (TPSA) is 21.3 Å². The molecule has 0 saturated heterocycles. The van der Waals surface area contributed by atoms with Gasteiger partial charge >= 0.3 is 0 Å². The largest absolute Gasteiger partial charge is 0.492 e. The van der Waals surface area contributed by atoms with Crippen LogP contribution in [0, 0.1) is 5.41 Å². The Morgan fingerprint density at radius 1 is 1.19 bits per heavy atom. The highest BCUT2D eigenvalue weighted by molar-refractivity contribution is 5.21. The maximum Gasteiger partial charge on any atom is 0.119 e. The van der Waals surface area contributed by atoms with Gasteiger partial charge in [-0.25, -0.2) is 0 Å². The van der Waals surface area contributed by atoms with E-state index in [1.54, 1.807) is 0 Å². The van der Waals surface area contributed by atoms with Crippen molar-refractivity contribution in [2.24, 2.45) is 5.41 Å². The van der Waals surface area contributed by atoms with E-state index in [1.165, 1.54) is 0 Å². The van der Waals surface area contributed by atoms with Crippen LogP contribution in [0.25, 0.3) is 0 Å². The van der Waals surface area contributed by atoms with Crippen LogP contribution in [0.4, 0.5) is 0 Å². The van der Waals surface area contributed by atoms with Crippen molar-refractivity contribution in [1.29, 1.82) is 0 Å². The Bertz CT molecular complexity index is 289. The van der Waals surface area contributed by atoms with E-state index in [4.69, 9.17) is 4.74 Å². The number of nitrogens with one attached hydrogen (secondary N) is 1. The van der Waals surface area contributed by atoms with Crippen molar-refractivity contribution in [1.82, 2.24) is 5.32 Å². The molecule has 0 bridgehead atoms. The number of para-hydroxylation sites is 1. The third-order valence-electron chi connectivity index (χ3n) is 2.66. The first-order valence-electron chi connectivity index (χ1n) is 5.95. The van der Waals surface area contributed by atoms with Gasteiger partial charge in [0.05, 0.1) is 0 Å². The fraction of sp³-hybridized carbons (Fsp3) is 0.571. The SMILES string of the molecule is CCNC(COc1ccccc1)C(C)(C)C. The molecule has 1 N–H and O–H groups in total. The zero-order valence-electron chi connectivity index (χ0n) is 10.8. The van der Waals surface area contributed by atoms with Crippen LogP contribution < -0.4 is 10.1 Å². The molecule has 0 saturated carbocycles. The highest BCUT2D eigenvalue weighted by atomic mass is 16.5. The van der Waals surface area contributed by atoms with Crippen molar-refractivity contribution < 1.29 is 4.74 Å². The lowest BCUT2D eigenvalue weighted by Gasteiger charge is -2.31. The van der Waals surface area contributed by atoms with Gasteiger partial charge in [-0.3, -0.25) is 0 Å². The molecular formula is C14H23NO. The fourth-order valence-corrected chi connectivity index (χ4v) is 1.56. The molecule has 0 amide bonds. The Kier molecular flexibility index (Phi) is 4.81. The summed E-state index contributed by atoms with van der Waals surface area (Å²) in [5.74, 6) is 0.939. The third kappa shape index (κ3) is 4.23. The Morgan fingerprint density at radius 2 is 1.81 bits per heavy atom. The van der Waals surface area contributed by atoms with Crippen molar-refractivity contribution in [3.63, 3.8) is 0 Å². The molecule has 0 fully saturated rings. The number of rotatable bonds is 5. The summed E-state index contributed by atoms with van der Waals surface area (Å²) >= 11 is 0. The van der Waals surface area contributed by atoms with Crippen LogP contribution in [-0.2, 0) is 0 Å². The van der Waals surface area contributed by atoms with Crippen molar-refractivity contribution in [3.8, 4) is 5.75 Å². The molecule has 1 atom stereocenters. The molecule has 0 aromatic heterocycles. The highest BCUT2D eigenvalue weighted by Crippen LogP contribution is 2.20. The quantitative estimate of drug-likeness (QED) is 0.825. The van der Waals surface area contributed by atoms with Crippen molar-refractivity contribution in [3.05, 3.63) is 30.3 Å². The van der Waals surface area contributed by atoms with Crippen LogP contribution in [-0.4, -0.2) is 19.2 Å². The maximum absolute atomic E-state index is 5.78. The fourth-order valence-electron chi connectivity index (χ4n) is 1.56. The third-order valence-corrected chi connectivity index (χ3v) is 2.66. The Hall–Kier alpha value is -1.02. The van der Waals surface area contributed by atoms with E-state index >= 15 is 0 Å². The lowest BCUT2D eigenvalue weighted by molar-refractivity contribution is 0.176. The van der Waals surface area contributed by atoms with Gasteiger partial charge in [-0.05, 0) is 24.1 Å². The molecule has 0 aliphatic rings. The normalized spacial score (nSPS) is 13.5. The van der Waals surface area contributed by atoms with Crippen molar-refractivity contribution in [2.75, 3.05) is 13.2 Å². The second-order valence-corrected chi connectivity index (χ2v) is 5.10. The zero-order chi connectivity index (χ0) is 12.0. The van der Waals surface area contributed by atoms with Crippen LogP contribution in [0.3, 0.4) is 0 Å². The van der Waals surface area contributed by atoms with Crippen molar-refractivity contribution >= 4 is 0 Å². The number of likely N-dealkylation sites (N-methyl/N-ethyl adjacent to an activating group) is 1. The summed E-state index contributed by atoms with van der Waals surface area (Å²) in [5, 5.41) is 3.47. The first-order chi connectivity index (χ1) is 7.54. The second-order valence-electron chi connectivity index (χ2n) is 5.10. The van der Waals surface area contributed by atoms with Gasteiger partial charge in [0.25, 0.3) is 0 Å². The second kappa shape index (κ2) is 5.90. The average molecular weight is 221 g/mol. The standard InChI is InChI=1S/C14H23NO/c1-5-15-13(14(2,3)4)11-16-12-9-7-6-8-10-12/h6-10,13,15H,5,11H2,1-4H3. The minimum atomic E-state index is 0.213. The molecule has 1 aromatic rings. The predicted octanol–water partition coefficient (Wildman–Crippen LogP) is 3.09. The van der Waals surface area contributed by atoms with E-state index in [2.05, 4.69) is 33.0 Å². The molecular weight excluding hydrogens is 198 g/mol. The van der Waals surface area contributed by atoms with E-state index in [0.717, 1.165) is 12.3 Å². The van der Waals surface area contributed by atoms with E-state index in [1.807, 2.05) is 30.3 Å². The van der Waals surface area contributed by atoms with E-state index in [9.17, 15) is 0 Å². The van der Waals surface area contributed by atoms with Gasteiger partial charge in [-0.15, -0.1) is 0 Å². The minimum absolute atomic E-state index is 0.213. The van der Waals surface area contributed by atoms with Gasteiger partial charge in [0.1, 0.15) is 12.4 Å². The van der Waals surface area contributed by atoms with Crippen molar-refractivity contribution in [2.45, 2.75) is 33.7 Å². The Balaban J connectivity index is 2.51. The molecule has 0 heterocycles. The monoisotopic (exact) mass is 221 g/mol. The Morgan fingerprint density at radius 3 is 2.31 bits per heavy atom. The van der Waals surface area contributed by atoms with Gasteiger partial charge in [-0.2, -0.15) is 0 Å². The lowest BCUT2D eigenvalue weighted by atomic mass is 9.87. The summed E-state index contributed by atoms with van der Waals surface area (Å²) in [6, 6.07) is 10.3. The molecule has 1 rings (SSSR count). The summed E-state index contributed by atoms with van der Waals surface area (Å²) in [6.45, 7) is 10.5. The van der Waals surface area contributed by atoms with Gasteiger partial charge in [0.2, 0.25) is 0 Å². The summed E-state index contributed by atoms with van der Waals surface area (Å²) in [7, 11) is 0. The first kappa shape index (κ1) is 13.0. The molecule has 2 nitrogen and oxygen atoms in total. The highest BCUT2D eigenvalue weighted by Gasteiger charge is 2.24. The van der Waals surface area contributed by atoms with E-state index < -0.39 is 0 Å². The van der Waals surface area contributed by atoms with Crippen LogP contribution >= 0.6 is 0 Å². The molecule has 0 spiro atoms. The smallest absolute Gasteiger partial charge is 0.119 e. The molecule has 16 heavy (non-hydrogen) atoms. The molecule has 2 heteroatoms. The summed E-state index contributed by atoms with van der Waals surface area (Å²) < 4.78 is 5.78. The number of ether oxygens (including phenoxy) is 1. The summed E-state index contributed by atoms with van der Waals surface area (Å²) in [4.78, 5) is 0. The van der Waals surface area contributed by atoms with Crippen LogP contribution in [0.5, 0.6) is 5.75 Å². The molecule has 1 aromatic carbocycles. The first-order valence-corrected chi connectivity index (χ1v) is 5.95. The van der Waals surface area contributed by atoms with Gasteiger partial charge in [0.15, 0.2) is 0 Å². The summed E-state index contributed by atoms with van der Waals surface area (Å²) in [6.07, 6.45) is 0. The van der Waals surface area contributed by atoms with Gasteiger partial charge in [-0.1, -0.05) is 45.9 Å². The molecule has 0 aliphatic heterocycles. The number of benzene rings is 1. The predicted molar refractivity (Wildman–Crippen MR) is 68.9 cm³/mol. The van der Waals surface area contributed by atoms with E-state index in [0.29, 0.717) is 12.6 Å². The molecule has 0 radical (unpaired) electrons. The van der Waals surface area contributed by atoms with Crippen LogP contribution in [0.15, 0.2) is 30.3 Å². The summed E-state index contributed by atoms with van der Waals surface area (Å²) in [5.41, 5.74) is 0.213. The minimum Gasteiger partial charge on any atom is -0.492 e. The van der Waals surface area contributed by atoms with Gasteiger partial charge in [0, 0.05) is 6.04 Å².